The van der Waals surface area contributed by atoms with Crippen LogP contribution in [0.5, 0.6) is 0 Å². The molecule has 0 aliphatic rings. The summed E-state index contributed by atoms with van der Waals surface area (Å²) in [6.45, 7) is 2.94. The Morgan fingerprint density at radius 2 is 1.81 bits per heavy atom. The van der Waals surface area contributed by atoms with Gasteiger partial charge in [0.05, 0.1) is 0 Å². The summed E-state index contributed by atoms with van der Waals surface area (Å²) < 4.78 is 0. The predicted molar refractivity (Wildman–Crippen MR) is 63.7 cm³/mol. The summed E-state index contributed by atoms with van der Waals surface area (Å²) >= 11 is 0. The lowest BCUT2D eigenvalue weighted by atomic mass is 10.1. The molecule has 1 heterocycles. The van der Waals surface area contributed by atoms with Crippen molar-refractivity contribution in [2.24, 2.45) is 0 Å². The zero-order chi connectivity index (χ0) is 11.2. The third-order valence-corrected chi connectivity index (χ3v) is 2.53. The van der Waals surface area contributed by atoms with Crippen LogP contribution in [0.2, 0.25) is 0 Å². The minimum atomic E-state index is 0.335. The van der Waals surface area contributed by atoms with Crippen LogP contribution in [0.3, 0.4) is 0 Å². The van der Waals surface area contributed by atoms with Crippen molar-refractivity contribution in [3.05, 3.63) is 60.2 Å². The van der Waals surface area contributed by atoms with Crippen molar-refractivity contribution in [1.82, 2.24) is 15.3 Å². The molecule has 2 rings (SSSR count). The van der Waals surface area contributed by atoms with E-state index >= 15 is 0 Å². The molecule has 1 aromatic carbocycles. The van der Waals surface area contributed by atoms with E-state index in [2.05, 4.69) is 46.5 Å². The first-order valence-corrected chi connectivity index (χ1v) is 5.38. The van der Waals surface area contributed by atoms with Gasteiger partial charge in [0.2, 0.25) is 0 Å². The van der Waals surface area contributed by atoms with E-state index in [9.17, 15) is 0 Å². The topological polar surface area (TPSA) is 37.8 Å². The highest BCUT2D eigenvalue weighted by Crippen LogP contribution is 2.11. The van der Waals surface area contributed by atoms with E-state index in [1.807, 2.05) is 18.5 Å². The molecule has 2 aromatic rings. The van der Waals surface area contributed by atoms with Crippen LogP contribution in [0.4, 0.5) is 0 Å². The zero-order valence-electron chi connectivity index (χ0n) is 9.30. The van der Waals surface area contributed by atoms with Gasteiger partial charge in [-0.25, -0.2) is 9.97 Å². The van der Waals surface area contributed by atoms with Crippen LogP contribution in [0, 0.1) is 0 Å². The minimum absolute atomic E-state index is 0.335. The SMILES string of the molecule is C[C@H](NCc1cncnc1)c1ccccc1. The molecular weight excluding hydrogens is 198 g/mol. The van der Waals surface area contributed by atoms with Gasteiger partial charge in [0, 0.05) is 30.5 Å². The maximum Gasteiger partial charge on any atom is 0.115 e. The lowest BCUT2D eigenvalue weighted by molar-refractivity contribution is 0.573. The zero-order valence-corrected chi connectivity index (χ0v) is 9.30. The molecule has 0 saturated carbocycles. The second-order valence-electron chi connectivity index (χ2n) is 3.76. The quantitative estimate of drug-likeness (QED) is 0.847. The summed E-state index contributed by atoms with van der Waals surface area (Å²) in [6.07, 6.45) is 5.21. The Balaban J connectivity index is 1.92. The number of rotatable bonds is 4. The number of hydrogen-bond acceptors (Lipinski definition) is 3. The molecule has 16 heavy (non-hydrogen) atoms. The normalized spacial score (nSPS) is 12.3. The highest BCUT2D eigenvalue weighted by molar-refractivity contribution is 5.18. The number of hydrogen-bond donors (Lipinski definition) is 1. The molecule has 0 spiro atoms. The van der Waals surface area contributed by atoms with E-state index in [1.165, 1.54) is 5.56 Å². The van der Waals surface area contributed by atoms with Gasteiger partial charge < -0.3 is 5.32 Å². The first-order valence-electron chi connectivity index (χ1n) is 5.38. The molecule has 0 amide bonds. The fourth-order valence-electron chi connectivity index (χ4n) is 1.55. The van der Waals surface area contributed by atoms with Crippen LogP contribution >= 0.6 is 0 Å². The van der Waals surface area contributed by atoms with Gasteiger partial charge in [-0.2, -0.15) is 0 Å². The molecule has 3 heteroatoms. The minimum Gasteiger partial charge on any atom is -0.306 e. The highest BCUT2D eigenvalue weighted by atomic mass is 14.9. The maximum absolute atomic E-state index is 3.98. The Morgan fingerprint density at radius 1 is 1.12 bits per heavy atom. The number of nitrogens with zero attached hydrogens (tertiary/aromatic N) is 2. The van der Waals surface area contributed by atoms with Crippen molar-refractivity contribution >= 4 is 0 Å². The number of aromatic nitrogens is 2. The number of benzene rings is 1. The van der Waals surface area contributed by atoms with E-state index in [1.54, 1.807) is 6.33 Å². The van der Waals surface area contributed by atoms with Crippen molar-refractivity contribution < 1.29 is 0 Å². The molecule has 0 radical (unpaired) electrons. The fourth-order valence-corrected chi connectivity index (χ4v) is 1.55. The Kier molecular flexibility index (Phi) is 3.62. The van der Waals surface area contributed by atoms with Gasteiger partial charge in [-0.05, 0) is 12.5 Å². The van der Waals surface area contributed by atoms with Gasteiger partial charge in [-0.1, -0.05) is 30.3 Å². The van der Waals surface area contributed by atoms with E-state index in [0.717, 1.165) is 12.1 Å². The third kappa shape index (κ3) is 2.87. The van der Waals surface area contributed by atoms with Crippen molar-refractivity contribution in [3.8, 4) is 0 Å². The smallest absolute Gasteiger partial charge is 0.115 e. The Labute approximate surface area is 95.6 Å². The first-order chi connectivity index (χ1) is 7.86. The van der Waals surface area contributed by atoms with Gasteiger partial charge in [0.1, 0.15) is 6.33 Å². The van der Waals surface area contributed by atoms with E-state index < -0.39 is 0 Å². The molecule has 1 N–H and O–H groups in total. The van der Waals surface area contributed by atoms with Crippen molar-refractivity contribution in [2.45, 2.75) is 19.5 Å². The average molecular weight is 213 g/mol. The molecule has 0 unspecified atom stereocenters. The summed E-state index contributed by atoms with van der Waals surface area (Å²) in [4.78, 5) is 7.97. The second-order valence-corrected chi connectivity index (χ2v) is 3.76. The molecule has 3 nitrogen and oxygen atoms in total. The van der Waals surface area contributed by atoms with Crippen molar-refractivity contribution in [2.75, 3.05) is 0 Å². The highest BCUT2D eigenvalue weighted by Gasteiger charge is 2.03. The second kappa shape index (κ2) is 5.37. The molecule has 1 aromatic heterocycles. The van der Waals surface area contributed by atoms with Gasteiger partial charge in [0.15, 0.2) is 0 Å². The summed E-state index contributed by atoms with van der Waals surface area (Å²) in [5.41, 5.74) is 2.39. The van der Waals surface area contributed by atoms with Crippen LogP contribution in [0.1, 0.15) is 24.1 Å². The molecule has 1 atom stereocenters. The lowest BCUT2D eigenvalue weighted by Crippen LogP contribution is -2.18. The summed E-state index contributed by atoms with van der Waals surface area (Å²) in [7, 11) is 0. The Morgan fingerprint density at radius 3 is 2.50 bits per heavy atom. The van der Waals surface area contributed by atoms with E-state index in [-0.39, 0.29) is 0 Å². The van der Waals surface area contributed by atoms with Crippen LogP contribution in [-0.2, 0) is 6.54 Å². The van der Waals surface area contributed by atoms with Gasteiger partial charge in [-0.3, -0.25) is 0 Å². The maximum atomic E-state index is 3.98. The monoisotopic (exact) mass is 213 g/mol. The molecule has 0 saturated heterocycles. The van der Waals surface area contributed by atoms with Gasteiger partial charge in [-0.15, -0.1) is 0 Å². The van der Waals surface area contributed by atoms with Crippen LogP contribution in [0.15, 0.2) is 49.1 Å². The third-order valence-electron chi connectivity index (χ3n) is 2.53. The molecular formula is C13H15N3. The first kappa shape index (κ1) is 10.8. The molecule has 0 fully saturated rings. The standard InChI is InChI=1S/C13H15N3/c1-11(13-5-3-2-4-6-13)16-9-12-7-14-10-15-8-12/h2-8,10-11,16H,9H2,1H3/t11-/m0/s1. The number of nitrogens with one attached hydrogen (secondary N) is 1. The fraction of sp³-hybridized carbons (Fsp3) is 0.231. The van der Waals surface area contributed by atoms with Crippen molar-refractivity contribution in [3.63, 3.8) is 0 Å². The van der Waals surface area contributed by atoms with Crippen LogP contribution in [0.25, 0.3) is 0 Å². The average Bonchev–Trinajstić information content (AvgIpc) is 2.38. The molecule has 82 valence electrons. The predicted octanol–water partition coefficient (Wildman–Crippen LogP) is 2.33. The Bertz CT molecular complexity index is 414. The van der Waals surface area contributed by atoms with Crippen LogP contribution < -0.4 is 5.32 Å². The van der Waals surface area contributed by atoms with Crippen molar-refractivity contribution in [1.29, 1.82) is 0 Å². The van der Waals surface area contributed by atoms with Crippen LogP contribution in [-0.4, -0.2) is 9.97 Å². The largest absolute Gasteiger partial charge is 0.306 e. The van der Waals surface area contributed by atoms with E-state index in [0.29, 0.717) is 6.04 Å². The Hall–Kier alpha value is -1.74. The lowest BCUT2D eigenvalue weighted by Gasteiger charge is -2.13. The summed E-state index contributed by atoms with van der Waals surface area (Å²) in [5, 5.41) is 3.44. The summed E-state index contributed by atoms with van der Waals surface area (Å²) in [6, 6.07) is 10.7. The van der Waals surface area contributed by atoms with Gasteiger partial charge >= 0.3 is 0 Å². The molecule has 0 aliphatic heterocycles. The molecule has 0 aliphatic carbocycles. The van der Waals surface area contributed by atoms with E-state index in [4.69, 9.17) is 0 Å². The molecule has 0 bridgehead atoms. The van der Waals surface area contributed by atoms with Gasteiger partial charge in [0.25, 0.3) is 0 Å². The summed E-state index contributed by atoms with van der Waals surface area (Å²) in [5.74, 6) is 0.